The van der Waals surface area contributed by atoms with Gasteiger partial charge < -0.3 is 0 Å². The first-order valence-electron chi connectivity index (χ1n) is 2.08. The highest BCUT2D eigenvalue weighted by molar-refractivity contribution is 9.09. The van der Waals surface area contributed by atoms with Gasteiger partial charge in [0, 0.05) is 11.1 Å². The number of thioether (sulfide) groups is 1. The van der Waals surface area contributed by atoms with Crippen molar-refractivity contribution >= 4 is 44.4 Å². The van der Waals surface area contributed by atoms with Crippen LogP contribution in [0.2, 0.25) is 0 Å². The van der Waals surface area contributed by atoms with Crippen LogP contribution < -0.4 is 0 Å². The molecule has 1 nitrogen and oxygen atoms in total. The van der Waals surface area contributed by atoms with E-state index in [1.54, 1.807) is 0 Å². The maximum atomic E-state index is 10.4. The van der Waals surface area contributed by atoms with Crippen LogP contribution in [0.15, 0.2) is 0 Å². The summed E-state index contributed by atoms with van der Waals surface area (Å²) in [5.41, 5.74) is 0. The van der Waals surface area contributed by atoms with E-state index in [9.17, 15) is 4.79 Å². The third-order valence-corrected chi connectivity index (χ3v) is 2.65. The number of carbonyl (C=O) groups is 1. The van der Waals surface area contributed by atoms with Gasteiger partial charge in [-0.1, -0.05) is 27.7 Å². The molecule has 0 aliphatic heterocycles. The Morgan fingerprint density at radius 2 is 2.38 bits per heavy atom. The zero-order valence-electron chi connectivity index (χ0n) is 4.19. The molecule has 0 saturated carbocycles. The SMILES string of the molecule is O=C(CCl)SCCBr. The Kier molecular flexibility index (Phi) is 6.50. The minimum Gasteiger partial charge on any atom is -0.286 e. The van der Waals surface area contributed by atoms with E-state index in [2.05, 4.69) is 15.9 Å². The van der Waals surface area contributed by atoms with Crippen LogP contribution in [0.4, 0.5) is 0 Å². The standard InChI is InChI=1S/C4H6BrClOS/c5-1-2-8-4(7)3-6/h1-3H2. The van der Waals surface area contributed by atoms with E-state index < -0.39 is 0 Å². The number of hydrogen-bond acceptors (Lipinski definition) is 2. The third kappa shape index (κ3) is 4.94. The molecule has 0 spiro atoms. The van der Waals surface area contributed by atoms with Crippen molar-refractivity contribution in [3.8, 4) is 0 Å². The van der Waals surface area contributed by atoms with Gasteiger partial charge in [-0.05, 0) is 0 Å². The summed E-state index contributed by atoms with van der Waals surface area (Å²) in [6, 6.07) is 0. The molecular weight excluding hydrogens is 211 g/mol. The molecule has 0 amide bonds. The summed E-state index contributed by atoms with van der Waals surface area (Å²) in [5, 5.41) is 0.895. The maximum Gasteiger partial charge on any atom is 0.203 e. The number of halogens is 2. The lowest BCUT2D eigenvalue weighted by Crippen LogP contribution is -1.93. The quantitative estimate of drug-likeness (QED) is 0.672. The van der Waals surface area contributed by atoms with Crippen LogP contribution in [0.5, 0.6) is 0 Å². The van der Waals surface area contributed by atoms with E-state index in [1.807, 2.05) is 0 Å². The van der Waals surface area contributed by atoms with Crippen LogP contribution in [-0.2, 0) is 4.79 Å². The van der Waals surface area contributed by atoms with E-state index in [1.165, 1.54) is 11.8 Å². The van der Waals surface area contributed by atoms with Crippen LogP contribution in [0.3, 0.4) is 0 Å². The second-order valence-corrected chi connectivity index (χ2v) is 3.26. The highest BCUT2D eigenvalue weighted by Crippen LogP contribution is 2.03. The summed E-state index contributed by atoms with van der Waals surface area (Å²) in [5.74, 6) is 0.934. The van der Waals surface area contributed by atoms with Gasteiger partial charge in [0.1, 0.15) is 0 Å². The normalized spacial score (nSPS) is 9.25. The Labute approximate surface area is 66.3 Å². The second kappa shape index (κ2) is 5.92. The smallest absolute Gasteiger partial charge is 0.203 e. The largest absolute Gasteiger partial charge is 0.286 e. The first-order chi connectivity index (χ1) is 3.81. The molecule has 0 fully saturated rings. The summed E-state index contributed by atoms with van der Waals surface area (Å²) in [6.45, 7) is 0. The molecule has 0 N–H and O–H groups in total. The number of alkyl halides is 2. The lowest BCUT2D eigenvalue weighted by atomic mass is 10.9. The molecule has 0 aromatic heterocycles. The van der Waals surface area contributed by atoms with Gasteiger partial charge in [-0.25, -0.2) is 0 Å². The van der Waals surface area contributed by atoms with Gasteiger partial charge >= 0.3 is 0 Å². The summed E-state index contributed by atoms with van der Waals surface area (Å²) in [6.07, 6.45) is 0. The Bertz CT molecular complexity index is 78.4. The first-order valence-corrected chi connectivity index (χ1v) is 4.73. The molecule has 0 heterocycles. The second-order valence-electron chi connectivity index (χ2n) is 1.04. The lowest BCUT2D eigenvalue weighted by Gasteiger charge is -1.89. The molecule has 0 unspecified atom stereocenters. The van der Waals surface area contributed by atoms with Crippen LogP contribution in [0.1, 0.15) is 0 Å². The van der Waals surface area contributed by atoms with Crippen LogP contribution in [0, 0.1) is 0 Å². The zero-order chi connectivity index (χ0) is 6.41. The minimum atomic E-state index is 0.0473. The molecule has 0 aromatic rings. The van der Waals surface area contributed by atoms with Crippen molar-refractivity contribution in [2.75, 3.05) is 17.0 Å². The molecule has 4 heteroatoms. The minimum absolute atomic E-state index is 0.0473. The van der Waals surface area contributed by atoms with Gasteiger partial charge in [0.2, 0.25) is 5.12 Å². The summed E-state index contributed by atoms with van der Waals surface area (Å²) in [4.78, 5) is 10.4. The molecule has 8 heavy (non-hydrogen) atoms. The highest BCUT2D eigenvalue weighted by atomic mass is 79.9. The molecule has 0 saturated heterocycles. The first kappa shape index (κ1) is 8.79. The molecule has 0 aromatic carbocycles. The Balaban J connectivity index is 2.99. The monoisotopic (exact) mass is 216 g/mol. The van der Waals surface area contributed by atoms with Crippen LogP contribution >= 0.6 is 39.3 Å². The molecule has 0 aliphatic carbocycles. The number of rotatable bonds is 3. The van der Waals surface area contributed by atoms with Gasteiger partial charge in [-0.3, -0.25) is 4.79 Å². The molecule has 0 rings (SSSR count). The average Bonchev–Trinajstić information content (AvgIpc) is 1.83. The van der Waals surface area contributed by atoms with Gasteiger partial charge in [0.15, 0.2) is 0 Å². The van der Waals surface area contributed by atoms with Crippen molar-refractivity contribution in [2.45, 2.75) is 0 Å². The topological polar surface area (TPSA) is 17.1 Å². The fourth-order valence-corrected chi connectivity index (χ4v) is 1.29. The van der Waals surface area contributed by atoms with Gasteiger partial charge in [-0.2, -0.15) is 0 Å². The maximum absolute atomic E-state index is 10.4. The van der Waals surface area contributed by atoms with Crippen molar-refractivity contribution in [3.05, 3.63) is 0 Å². The average molecular weight is 218 g/mol. The van der Waals surface area contributed by atoms with E-state index in [0.717, 1.165) is 11.1 Å². The summed E-state index contributed by atoms with van der Waals surface area (Å²) < 4.78 is 0. The van der Waals surface area contributed by atoms with E-state index in [-0.39, 0.29) is 11.0 Å². The highest BCUT2D eigenvalue weighted by Gasteiger charge is 1.96. The number of carbonyl (C=O) groups excluding carboxylic acids is 1. The molecule has 0 aliphatic rings. The van der Waals surface area contributed by atoms with Crippen molar-refractivity contribution in [3.63, 3.8) is 0 Å². The molecule has 0 bridgehead atoms. The van der Waals surface area contributed by atoms with Crippen molar-refractivity contribution in [2.24, 2.45) is 0 Å². The molecule has 0 radical (unpaired) electrons. The molecular formula is C4H6BrClOS. The van der Waals surface area contributed by atoms with E-state index in [0.29, 0.717) is 0 Å². The van der Waals surface area contributed by atoms with E-state index in [4.69, 9.17) is 11.6 Å². The van der Waals surface area contributed by atoms with Gasteiger partial charge in [-0.15, -0.1) is 11.6 Å². The van der Waals surface area contributed by atoms with E-state index >= 15 is 0 Å². The van der Waals surface area contributed by atoms with Gasteiger partial charge in [0.05, 0.1) is 5.88 Å². The predicted molar refractivity (Wildman–Crippen MR) is 42.0 cm³/mol. The zero-order valence-corrected chi connectivity index (χ0v) is 7.35. The Hall–Kier alpha value is 0.790. The molecule has 0 atom stereocenters. The van der Waals surface area contributed by atoms with Crippen molar-refractivity contribution in [1.82, 2.24) is 0 Å². The van der Waals surface area contributed by atoms with Crippen molar-refractivity contribution < 1.29 is 4.79 Å². The third-order valence-electron chi connectivity index (χ3n) is 0.449. The van der Waals surface area contributed by atoms with Crippen LogP contribution in [-0.4, -0.2) is 22.1 Å². The van der Waals surface area contributed by atoms with Crippen LogP contribution in [0.25, 0.3) is 0 Å². The fraction of sp³-hybridized carbons (Fsp3) is 0.750. The molecule has 48 valence electrons. The van der Waals surface area contributed by atoms with Gasteiger partial charge in [0.25, 0.3) is 0 Å². The Morgan fingerprint density at radius 1 is 1.75 bits per heavy atom. The predicted octanol–water partition coefficient (Wildman–Crippen LogP) is 1.88. The lowest BCUT2D eigenvalue weighted by molar-refractivity contribution is -0.108. The summed E-state index contributed by atoms with van der Waals surface area (Å²) in [7, 11) is 0. The number of hydrogen-bond donors (Lipinski definition) is 0. The summed E-state index contributed by atoms with van der Waals surface area (Å²) >= 11 is 9.65. The Morgan fingerprint density at radius 3 is 2.75 bits per heavy atom. The van der Waals surface area contributed by atoms with Crippen molar-refractivity contribution in [1.29, 1.82) is 0 Å². The fourth-order valence-electron chi connectivity index (χ4n) is 0.191.